The number of carbonyl (C=O) groups excluding carboxylic acids is 1. The van der Waals surface area contributed by atoms with Crippen LogP contribution in [0, 0.1) is 0 Å². The Labute approximate surface area is 104 Å². The van der Waals surface area contributed by atoms with Gasteiger partial charge in [-0.1, -0.05) is 11.6 Å². The molecule has 0 aromatic carbocycles. The molecule has 18 heavy (non-hydrogen) atoms. The summed E-state index contributed by atoms with van der Waals surface area (Å²) in [5, 5.41) is 18.1. The molecule has 0 aliphatic heterocycles. The summed E-state index contributed by atoms with van der Waals surface area (Å²) in [6.07, 6.45) is -8.72. The number of nitrogens with zero attached hydrogens (tertiary/aromatic N) is 1. The zero-order chi connectivity index (χ0) is 14.1. The van der Waals surface area contributed by atoms with Gasteiger partial charge in [-0.15, -0.1) is 0 Å². The number of amides is 1. The van der Waals surface area contributed by atoms with Crippen molar-refractivity contribution in [1.29, 1.82) is 0 Å². The van der Waals surface area contributed by atoms with E-state index in [4.69, 9.17) is 22.4 Å². The first-order chi connectivity index (χ1) is 8.12. The van der Waals surface area contributed by atoms with Crippen LogP contribution >= 0.6 is 11.6 Å². The fourth-order valence-corrected chi connectivity index (χ4v) is 1.39. The van der Waals surface area contributed by atoms with Gasteiger partial charge in [-0.25, -0.2) is 4.98 Å². The van der Waals surface area contributed by atoms with Crippen molar-refractivity contribution in [2.45, 2.75) is 18.4 Å². The number of hydrogen-bond acceptors (Lipinski definition) is 4. The van der Waals surface area contributed by atoms with Crippen molar-refractivity contribution >= 4 is 17.5 Å². The summed E-state index contributed by atoms with van der Waals surface area (Å²) in [5.74, 6) is -1.27. The van der Waals surface area contributed by atoms with Gasteiger partial charge in [0, 0.05) is 0 Å². The molecule has 0 saturated heterocycles. The quantitative estimate of drug-likeness (QED) is 0.709. The Morgan fingerprint density at radius 3 is 2.39 bits per heavy atom. The molecule has 4 N–H and O–H groups in total. The summed E-state index contributed by atoms with van der Waals surface area (Å²) in [6, 6.07) is 1.37. The molecule has 1 heterocycles. The Bertz CT molecular complexity index is 467. The molecule has 0 aliphatic rings. The van der Waals surface area contributed by atoms with E-state index in [1.165, 1.54) is 0 Å². The lowest BCUT2D eigenvalue weighted by molar-refractivity contribution is -0.141. The van der Waals surface area contributed by atoms with Crippen LogP contribution in [-0.4, -0.2) is 27.2 Å². The molecule has 0 saturated carbocycles. The fraction of sp³-hybridized carbons (Fsp3) is 0.333. The van der Waals surface area contributed by atoms with E-state index in [-0.39, 0.29) is 0 Å². The monoisotopic (exact) mass is 284 g/mol. The molecule has 1 aromatic heterocycles. The smallest absolute Gasteiger partial charge is 0.385 e. The van der Waals surface area contributed by atoms with E-state index >= 15 is 0 Å². The Morgan fingerprint density at radius 2 is 1.94 bits per heavy atom. The zero-order valence-electron chi connectivity index (χ0n) is 8.65. The SMILES string of the molecule is NC(=O)C(O)C(O)c1cc(Cl)nc(C(F)(F)F)c1. The highest BCUT2D eigenvalue weighted by atomic mass is 35.5. The van der Waals surface area contributed by atoms with Crippen molar-refractivity contribution in [3.05, 3.63) is 28.5 Å². The summed E-state index contributed by atoms with van der Waals surface area (Å²) in [7, 11) is 0. The molecule has 0 bridgehead atoms. The van der Waals surface area contributed by atoms with E-state index in [2.05, 4.69) is 4.98 Å². The van der Waals surface area contributed by atoms with Crippen LogP contribution in [0.25, 0.3) is 0 Å². The zero-order valence-corrected chi connectivity index (χ0v) is 9.40. The lowest BCUT2D eigenvalue weighted by Gasteiger charge is -2.16. The third-order valence-corrected chi connectivity index (χ3v) is 2.23. The van der Waals surface area contributed by atoms with Crippen molar-refractivity contribution in [1.82, 2.24) is 4.98 Å². The summed E-state index contributed by atoms with van der Waals surface area (Å²) in [4.78, 5) is 13.6. The largest absolute Gasteiger partial charge is 0.433 e. The molecule has 1 amide bonds. The first-order valence-electron chi connectivity index (χ1n) is 4.53. The molecule has 1 rings (SSSR count). The number of nitrogens with two attached hydrogens (primary N) is 1. The van der Waals surface area contributed by atoms with E-state index in [0.29, 0.717) is 6.07 Å². The number of pyridine rings is 1. The number of aliphatic hydroxyl groups is 2. The van der Waals surface area contributed by atoms with Gasteiger partial charge in [0.2, 0.25) is 5.91 Å². The second-order valence-electron chi connectivity index (χ2n) is 3.40. The van der Waals surface area contributed by atoms with Crippen LogP contribution < -0.4 is 5.73 Å². The summed E-state index contributed by atoms with van der Waals surface area (Å²) in [6.45, 7) is 0. The molecule has 100 valence electrons. The van der Waals surface area contributed by atoms with E-state index in [1.807, 2.05) is 0 Å². The predicted octanol–water partition coefficient (Wildman–Crippen LogP) is 0.633. The van der Waals surface area contributed by atoms with Gasteiger partial charge in [-0.05, 0) is 17.7 Å². The maximum absolute atomic E-state index is 12.4. The normalized spacial score (nSPS) is 15.2. The minimum absolute atomic E-state index is 0.409. The first kappa shape index (κ1) is 14.7. The highest BCUT2D eigenvalue weighted by Gasteiger charge is 2.34. The van der Waals surface area contributed by atoms with Gasteiger partial charge in [-0.3, -0.25) is 4.79 Å². The van der Waals surface area contributed by atoms with Gasteiger partial charge in [0.15, 0.2) is 6.10 Å². The average molecular weight is 285 g/mol. The van der Waals surface area contributed by atoms with Gasteiger partial charge in [0.25, 0.3) is 0 Å². The second-order valence-corrected chi connectivity index (χ2v) is 3.79. The van der Waals surface area contributed by atoms with Gasteiger partial charge >= 0.3 is 6.18 Å². The number of halogens is 4. The van der Waals surface area contributed by atoms with Crippen LogP contribution in [0.1, 0.15) is 17.4 Å². The lowest BCUT2D eigenvalue weighted by atomic mass is 10.0. The van der Waals surface area contributed by atoms with E-state index < -0.39 is 40.7 Å². The Morgan fingerprint density at radius 1 is 1.39 bits per heavy atom. The average Bonchev–Trinajstić information content (AvgIpc) is 2.24. The number of rotatable bonds is 3. The summed E-state index contributed by atoms with van der Waals surface area (Å²) >= 11 is 5.36. The first-order valence-corrected chi connectivity index (χ1v) is 4.91. The number of aliphatic hydroxyl groups excluding tert-OH is 2. The van der Waals surface area contributed by atoms with Gasteiger partial charge < -0.3 is 15.9 Å². The van der Waals surface area contributed by atoms with Crippen LogP contribution in [-0.2, 0) is 11.0 Å². The highest BCUT2D eigenvalue weighted by Crippen LogP contribution is 2.31. The molecule has 0 radical (unpaired) electrons. The third-order valence-electron chi connectivity index (χ3n) is 2.04. The molecular formula is C9H8ClF3N2O3. The van der Waals surface area contributed by atoms with Crippen molar-refractivity contribution < 1.29 is 28.2 Å². The molecule has 9 heteroatoms. The van der Waals surface area contributed by atoms with Crippen LogP contribution in [0.15, 0.2) is 12.1 Å². The number of primary amides is 1. The molecule has 1 aromatic rings. The Hall–Kier alpha value is -1.38. The maximum atomic E-state index is 12.4. The number of aromatic nitrogens is 1. The van der Waals surface area contributed by atoms with Crippen LogP contribution in [0.5, 0.6) is 0 Å². The number of alkyl halides is 3. The number of carbonyl (C=O) groups is 1. The van der Waals surface area contributed by atoms with Gasteiger partial charge in [-0.2, -0.15) is 13.2 Å². The maximum Gasteiger partial charge on any atom is 0.433 e. The molecule has 5 nitrogen and oxygen atoms in total. The predicted molar refractivity (Wildman–Crippen MR) is 54.4 cm³/mol. The van der Waals surface area contributed by atoms with Crippen molar-refractivity contribution in [3.63, 3.8) is 0 Å². The van der Waals surface area contributed by atoms with Gasteiger partial charge in [0.05, 0.1) is 0 Å². The van der Waals surface area contributed by atoms with Crippen LogP contribution in [0.3, 0.4) is 0 Å². The van der Waals surface area contributed by atoms with Crippen LogP contribution in [0.4, 0.5) is 13.2 Å². The molecule has 0 fully saturated rings. The third kappa shape index (κ3) is 3.31. The summed E-state index contributed by atoms with van der Waals surface area (Å²) in [5.41, 5.74) is 2.96. The molecular weight excluding hydrogens is 277 g/mol. The topological polar surface area (TPSA) is 96.4 Å². The second kappa shape index (κ2) is 5.09. The van der Waals surface area contributed by atoms with E-state index in [9.17, 15) is 23.1 Å². The van der Waals surface area contributed by atoms with E-state index in [0.717, 1.165) is 6.07 Å². The Balaban J connectivity index is 3.18. The summed E-state index contributed by atoms with van der Waals surface area (Å²) < 4.78 is 37.2. The van der Waals surface area contributed by atoms with Crippen molar-refractivity contribution in [3.8, 4) is 0 Å². The van der Waals surface area contributed by atoms with Gasteiger partial charge in [0.1, 0.15) is 17.0 Å². The van der Waals surface area contributed by atoms with Crippen LogP contribution in [0.2, 0.25) is 5.15 Å². The van der Waals surface area contributed by atoms with Crippen molar-refractivity contribution in [2.24, 2.45) is 5.73 Å². The highest BCUT2D eigenvalue weighted by molar-refractivity contribution is 6.29. The number of hydrogen-bond donors (Lipinski definition) is 3. The molecule has 2 unspecified atom stereocenters. The fourth-order valence-electron chi connectivity index (χ4n) is 1.17. The molecule has 0 aliphatic carbocycles. The minimum Gasteiger partial charge on any atom is -0.385 e. The molecule has 0 spiro atoms. The van der Waals surface area contributed by atoms with Crippen molar-refractivity contribution in [2.75, 3.05) is 0 Å². The van der Waals surface area contributed by atoms with E-state index in [1.54, 1.807) is 0 Å². The standard InChI is InChI=1S/C9H8ClF3N2O3/c10-5-2-3(6(16)7(17)8(14)18)1-4(15-5)9(11,12)13/h1-2,6-7,16-17H,(H2,14,18). The lowest BCUT2D eigenvalue weighted by Crippen LogP contribution is -2.34. The Kier molecular flexibility index (Phi) is 4.15. The minimum atomic E-state index is -4.77. The molecule has 2 atom stereocenters.